The molecule has 2 heterocycles. The summed E-state index contributed by atoms with van der Waals surface area (Å²) in [5.74, 6) is 0.654. The van der Waals surface area contributed by atoms with Gasteiger partial charge in [-0.25, -0.2) is 13.4 Å². The third kappa shape index (κ3) is 2.38. The van der Waals surface area contributed by atoms with Gasteiger partial charge in [-0.15, -0.1) is 0 Å². The highest BCUT2D eigenvalue weighted by Gasteiger charge is 2.28. The van der Waals surface area contributed by atoms with E-state index in [9.17, 15) is 8.42 Å². The van der Waals surface area contributed by atoms with Gasteiger partial charge in [0.1, 0.15) is 12.0 Å². The van der Waals surface area contributed by atoms with Crippen LogP contribution in [0.4, 0.5) is 0 Å². The molecular weight excluding hydrogens is 218 g/mol. The Kier molecular flexibility index (Phi) is 2.79. The Labute approximate surface area is 88.0 Å². The van der Waals surface area contributed by atoms with Gasteiger partial charge < -0.3 is 9.52 Å². The van der Waals surface area contributed by atoms with Crippen molar-refractivity contribution < 1.29 is 17.9 Å². The topological polar surface area (TPSA) is 80.4 Å². The Morgan fingerprint density at radius 3 is 3.00 bits per heavy atom. The van der Waals surface area contributed by atoms with Crippen molar-refractivity contribution in [1.82, 2.24) is 4.98 Å². The zero-order valence-corrected chi connectivity index (χ0v) is 9.03. The monoisotopic (exact) mass is 231 g/mol. The summed E-state index contributed by atoms with van der Waals surface area (Å²) in [6.07, 6.45) is 2.81. The number of nitrogens with zero attached hydrogens (tertiary/aromatic N) is 1. The van der Waals surface area contributed by atoms with Gasteiger partial charge in [0.25, 0.3) is 0 Å². The largest absolute Gasteiger partial charge is 0.448 e. The molecule has 1 atom stereocenters. The molecule has 1 saturated heterocycles. The fourth-order valence-corrected chi connectivity index (χ4v) is 3.50. The van der Waals surface area contributed by atoms with Gasteiger partial charge in [-0.1, -0.05) is 0 Å². The van der Waals surface area contributed by atoms with Crippen LogP contribution in [0.5, 0.6) is 0 Å². The molecule has 1 aliphatic rings. The Balaban J connectivity index is 2.17. The van der Waals surface area contributed by atoms with Crippen LogP contribution in [0.3, 0.4) is 0 Å². The van der Waals surface area contributed by atoms with Crippen LogP contribution in [0.15, 0.2) is 10.7 Å². The molecule has 1 fully saturated rings. The lowest BCUT2D eigenvalue weighted by molar-refractivity contribution is 0.276. The van der Waals surface area contributed by atoms with E-state index in [0.29, 0.717) is 18.0 Å². The van der Waals surface area contributed by atoms with Gasteiger partial charge in [-0.2, -0.15) is 0 Å². The maximum atomic E-state index is 11.4. The van der Waals surface area contributed by atoms with Gasteiger partial charge in [-0.3, -0.25) is 0 Å². The molecular formula is C9H13NO4S. The lowest BCUT2D eigenvalue weighted by Gasteiger charge is -2.18. The van der Waals surface area contributed by atoms with Gasteiger partial charge in [0, 0.05) is 5.92 Å². The molecule has 0 aromatic carbocycles. The van der Waals surface area contributed by atoms with Crippen molar-refractivity contribution in [2.75, 3.05) is 11.5 Å². The fraction of sp³-hybridized carbons (Fsp3) is 0.667. The second-order valence-electron chi connectivity index (χ2n) is 3.79. The van der Waals surface area contributed by atoms with Crippen LogP contribution < -0.4 is 0 Å². The first kappa shape index (κ1) is 10.6. The second kappa shape index (κ2) is 3.94. The van der Waals surface area contributed by atoms with Crippen LogP contribution in [0, 0.1) is 0 Å². The Morgan fingerprint density at radius 2 is 2.40 bits per heavy atom. The minimum absolute atomic E-state index is 0.110. The number of rotatable bonds is 2. The smallest absolute Gasteiger partial charge is 0.198 e. The summed E-state index contributed by atoms with van der Waals surface area (Å²) in [5.41, 5.74) is 0.452. The highest BCUT2D eigenvalue weighted by molar-refractivity contribution is 7.91. The van der Waals surface area contributed by atoms with Crippen molar-refractivity contribution in [3.63, 3.8) is 0 Å². The SMILES string of the molecule is O=S1(=O)CCCC(c2nc(CO)co2)C1. The van der Waals surface area contributed by atoms with E-state index in [0.717, 1.165) is 6.42 Å². The van der Waals surface area contributed by atoms with Crippen LogP contribution in [0.1, 0.15) is 30.3 Å². The van der Waals surface area contributed by atoms with Crippen molar-refractivity contribution in [3.8, 4) is 0 Å². The van der Waals surface area contributed by atoms with Gasteiger partial charge in [0.05, 0.1) is 18.1 Å². The zero-order valence-electron chi connectivity index (χ0n) is 8.22. The molecule has 0 spiro atoms. The van der Waals surface area contributed by atoms with E-state index in [1.165, 1.54) is 6.26 Å². The van der Waals surface area contributed by atoms with Crippen molar-refractivity contribution >= 4 is 9.84 Å². The van der Waals surface area contributed by atoms with Gasteiger partial charge >= 0.3 is 0 Å². The number of aliphatic hydroxyl groups is 1. The molecule has 1 aromatic heterocycles. The average molecular weight is 231 g/mol. The molecule has 5 nitrogen and oxygen atoms in total. The van der Waals surface area contributed by atoms with E-state index < -0.39 is 9.84 Å². The van der Waals surface area contributed by atoms with E-state index in [1.807, 2.05) is 0 Å². The number of sulfone groups is 1. The molecule has 2 rings (SSSR count). The predicted molar refractivity (Wildman–Crippen MR) is 53.1 cm³/mol. The van der Waals surface area contributed by atoms with Gasteiger partial charge in [-0.05, 0) is 12.8 Å². The van der Waals surface area contributed by atoms with E-state index in [1.54, 1.807) is 0 Å². The third-order valence-electron chi connectivity index (χ3n) is 2.54. The summed E-state index contributed by atoms with van der Waals surface area (Å²) < 4.78 is 27.9. The summed E-state index contributed by atoms with van der Waals surface area (Å²) in [6, 6.07) is 0. The number of hydrogen-bond acceptors (Lipinski definition) is 5. The second-order valence-corrected chi connectivity index (χ2v) is 6.02. The maximum absolute atomic E-state index is 11.4. The third-order valence-corrected chi connectivity index (χ3v) is 4.36. The van der Waals surface area contributed by atoms with E-state index in [4.69, 9.17) is 9.52 Å². The molecule has 1 N–H and O–H groups in total. The Morgan fingerprint density at radius 1 is 1.60 bits per heavy atom. The summed E-state index contributed by atoms with van der Waals surface area (Å²) in [6.45, 7) is -0.178. The molecule has 0 radical (unpaired) electrons. The highest BCUT2D eigenvalue weighted by Crippen LogP contribution is 2.27. The highest BCUT2D eigenvalue weighted by atomic mass is 32.2. The van der Waals surface area contributed by atoms with E-state index >= 15 is 0 Å². The van der Waals surface area contributed by atoms with Crippen LogP contribution in [-0.4, -0.2) is 30.0 Å². The first-order valence-electron chi connectivity index (χ1n) is 4.86. The van der Waals surface area contributed by atoms with Crippen molar-refractivity contribution in [3.05, 3.63) is 17.8 Å². The number of aliphatic hydroxyl groups excluding tert-OH is 1. The molecule has 0 amide bonds. The lowest BCUT2D eigenvalue weighted by atomic mass is 10.1. The molecule has 84 valence electrons. The number of oxazole rings is 1. The quantitative estimate of drug-likeness (QED) is 0.799. The number of hydrogen-bond donors (Lipinski definition) is 1. The standard InChI is InChI=1S/C9H13NO4S/c11-4-8-5-14-9(10-8)7-2-1-3-15(12,13)6-7/h5,7,11H,1-4,6H2. The molecule has 15 heavy (non-hydrogen) atoms. The summed E-state index contributed by atoms with van der Waals surface area (Å²) in [7, 11) is -2.94. The first-order valence-corrected chi connectivity index (χ1v) is 6.68. The van der Waals surface area contributed by atoms with Crippen molar-refractivity contribution in [2.24, 2.45) is 0 Å². The Hall–Kier alpha value is -0.880. The van der Waals surface area contributed by atoms with Crippen molar-refractivity contribution in [1.29, 1.82) is 0 Å². The predicted octanol–water partition coefficient (Wildman–Crippen LogP) is 0.459. The van der Waals surface area contributed by atoms with E-state index in [-0.39, 0.29) is 24.0 Å². The molecule has 1 unspecified atom stereocenters. The molecule has 6 heteroatoms. The van der Waals surface area contributed by atoms with Crippen molar-refractivity contribution in [2.45, 2.75) is 25.4 Å². The Bertz CT molecular complexity index is 437. The van der Waals surface area contributed by atoms with Crippen LogP contribution >= 0.6 is 0 Å². The van der Waals surface area contributed by atoms with Crippen LogP contribution in [-0.2, 0) is 16.4 Å². The molecule has 1 aromatic rings. The minimum atomic E-state index is -2.94. The maximum Gasteiger partial charge on any atom is 0.198 e. The fourth-order valence-electron chi connectivity index (χ4n) is 1.80. The van der Waals surface area contributed by atoms with Crippen LogP contribution in [0.25, 0.3) is 0 Å². The minimum Gasteiger partial charge on any atom is -0.448 e. The molecule has 0 bridgehead atoms. The average Bonchev–Trinajstić information content (AvgIpc) is 2.64. The summed E-state index contributed by atoms with van der Waals surface area (Å²) in [5, 5.41) is 8.81. The van der Waals surface area contributed by atoms with Gasteiger partial charge in [0.2, 0.25) is 0 Å². The van der Waals surface area contributed by atoms with Gasteiger partial charge in [0.15, 0.2) is 15.7 Å². The summed E-state index contributed by atoms with van der Waals surface area (Å²) >= 11 is 0. The normalized spacial score (nSPS) is 25.3. The zero-order chi connectivity index (χ0) is 10.9. The molecule has 1 aliphatic heterocycles. The molecule has 0 aliphatic carbocycles. The lowest BCUT2D eigenvalue weighted by Crippen LogP contribution is -2.23. The van der Waals surface area contributed by atoms with Crippen LogP contribution in [0.2, 0.25) is 0 Å². The van der Waals surface area contributed by atoms with E-state index in [2.05, 4.69) is 4.98 Å². The summed E-state index contributed by atoms with van der Waals surface area (Å²) in [4.78, 5) is 4.04. The first-order chi connectivity index (χ1) is 7.11. The number of aromatic nitrogens is 1. The molecule has 0 saturated carbocycles.